The first-order valence-electron chi connectivity index (χ1n) is 6.35. The summed E-state index contributed by atoms with van der Waals surface area (Å²) in [7, 11) is 0. The zero-order valence-electron chi connectivity index (χ0n) is 11.0. The topological polar surface area (TPSA) is 29.5 Å². The molecular weight excluding hydrogens is 255 g/mol. The number of hydrogen-bond donors (Lipinski definition) is 1. The minimum atomic E-state index is -0.250. The van der Waals surface area contributed by atoms with Crippen LogP contribution in [0.2, 0.25) is 0 Å². The second-order valence-electron chi connectivity index (χ2n) is 4.21. The van der Waals surface area contributed by atoms with Gasteiger partial charge in [0.15, 0.2) is 0 Å². The van der Waals surface area contributed by atoms with Crippen molar-refractivity contribution >= 4 is 0 Å². The maximum absolute atomic E-state index is 12.8. The van der Waals surface area contributed by atoms with E-state index in [1.807, 2.05) is 24.3 Å². The van der Waals surface area contributed by atoms with Gasteiger partial charge in [0.1, 0.15) is 18.2 Å². The Hall–Kier alpha value is -2.31. The summed E-state index contributed by atoms with van der Waals surface area (Å²) in [5.41, 5.74) is 1.80. The van der Waals surface area contributed by atoms with Crippen LogP contribution in [0.1, 0.15) is 17.5 Å². The van der Waals surface area contributed by atoms with Gasteiger partial charge in [-0.25, -0.2) is 4.39 Å². The quantitative estimate of drug-likeness (QED) is 0.865. The molecule has 0 aliphatic rings. The lowest BCUT2D eigenvalue weighted by molar-refractivity contribution is 0.305. The van der Waals surface area contributed by atoms with Crippen molar-refractivity contribution < 1.29 is 14.2 Å². The first kappa shape index (κ1) is 14.1. The van der Waals surface area contributed by atoms with E-state index in [1.165, 1.54) is 12.1 Å². The molecule has 0 amide bonds. The fourth-order valence-corrected chi connectivity index (χ4v) is 1.60. The lowest BCUT2D eigenvalue weighted by atomic mass is 10.2. The first-order valence-corrected chi connectivity index (χ1v) is 6.35. The smallest absolute Gasteiger partial charge is 0.123 e. The molecule has 0 radical (unpaired) electrons. The van der Waals surface area contributed by atoms with Crippen LogP contribution in [0.4, 0.5) is 4.39 Å². The number of ether oxygens (including phenoxy) is 1. The molecule has 2 aromatic rings. The molecule has 0 aliphatic heterocycles. The fraction of sp³-hybridized carbons (Fsp3) is 0.176. The molecule has 1 N–H and O–H groups in total. The molecule has 0 bridgehead atoms. The molecule has 0 unspecified atom stereocenters. The highest BCUT2D eigenvalue weighted by Gasteiger charge is 1.97. The van der Waals surface area contributed by atoms with Gasteiger partial charge in [0.05, 0.1) is 6.61 Å². The van der Waals surface area contributed by atoms with Crippen molar-refractivity contribution in [2.24, 2.45) is 0 Å². The predicted octanol–water partition coefficient (Wildman–Crippen LogP) is 3.14. The van der Waals surface area contributed by atoms with Gasteiger partial charge >= 0.3 is 0 Å². The second-order valence-corrected chi connectivity index (χ2v) is 4.21. The summed E-state index contributed by atoms with van der Waals surface area (Å²) in [5, 5.41) is 8.64. The van der Waals surface area contributed by atoms with Crippen LogP contribution < -0.4 is 4.74 Å². The minimum Gasteiger partial charge on any atom is -0.489 e. The summed E-state index contributed by atoms with van der Waals surface area (Å²) in [6, 6.07) is 13.6. The molecule has 2 aromatic carbocycles. The van der Waals surface area contributed by atoms with E-state index in [0.29, 0.717) is 13.0 Å². The van der Waals surface area contributed by atoms with Gasteiger partial charge < -0.3 is 9.84 Å². The molecule has 2 rings (SSSR count). The van der Waals surface area contributed by atoms with Gasteiger partial charge in [-0.15, -0.1) is 0 Å². The molecular formula is C17H15FO2. The van der Waals surface area contributed by atoms with E-state index in [2.05, 4.69) is 11.8 Å². The third-order valence-corrected chi connectivity index (χ3v) is 2.64. The van der Waals surface area contributed by atoms with Crippen LogP contribution in [0.5, 0.6) is 5.75 Å². The molecule has 0 aromatic heterocycles. The number of halogens is 1. The van der Waals surface area contributed by atoms with Crippen LogP contribution in [-0.4, -0.2) is 11.7 Å². The van der Waals surface area contributed by atoms with Gasteiger partial charge in [-0.3, -0.25) is 0 Å². The molecule has 0 saturated heterocycles. The zero-order chi connectivity index (χ0) is 14.2. The summed E-state index contributed by atoms with van der Waals surface area (Å²) in [4.78, 5) is 0. The Kier molecular flexibility index (Phi) is 5.16. The molecule has 0 aliphatic carbocycles. The second kappa shape index (κ2) is 7.32. The number of aliphatic hydroxyl groups excluding tert-OH is 1. The predicted molar refractivity (Wildman–Crippen MR) is 75.8 cm³/mol. The van der Waals surface area contributed by atoms with Gasteiger partial charge in [0, 0.05) is 12.0 Å². The van der Waals surface area contributed by atoms with Crippen LogP contribution in [0, 0.1) is 17.7 Å². The van der Waals surface area contributed by atoms with Crippen molar-refractivity contribution in [3.05, 3.63) is 65.5 Å². The van der Waals surface area contributed by atoms with Gasteiger partial charge in [-0.05, 0) is 42.0 Å². The maximum atomic E-state index is 12.8. The number of hydrogen-bond acceptors (Lipinski definition) is 2. The van der Waals surface area contributed by atoms with Gasteiger partial charge in [-0.1, -0.05) is 24.0 Å². The minimum absolute atomic E-state index is 0.0753. The van der Waals surface area contributed by atoms with E-state index >= 15 is 0 Å². The number of aliphatic hydroxyl groups is 1. The standard InChI is InChI=1S/C17H15FO2/c18-16-8-4-15(5-9-16)13-20-17-10-6-14(7-11-17)3-1-2-12-19/h4-11,19H,2,12-13H2. The Balaban J connectivity index is 1.91. The molecule has 20 heavy (non-hydrogen) atoms. The van der Waals surface area contributed by atoms with E-state index in [1.54, 1.807) is 12.1 Å². The van der Waals surface area contributed by atoms with Crippen LogP contribution in [0.3, 0.4) is 0 Å². The molecule has 0 saturated carbocycles. The average Bonchev–Trinajstić information content (AvgIpc) is 2.48. The Morgan fingerprint density at radius 3 is 2.35 bits per heavy atom. The zero-order valence-corrected chi connectivity index (χ0v) is 11.0. The van der Waals surface area contributed by atoms with Crippen LogP contribution >= 0.6 is 0 Å². The Labute approximate surface area is 117 Å². The number of rotatable bonds is 4. The lowest BCUT2D eigenvalue weighted by Crippen LogP contribution is -1.95. The monoisotopic (exact) mass is 270 g/mol. The van der Waals surface area contributed by atoms with Crippen molar-refractivity contribution in [1.29, 1.82) is 0 Å². The maximum Gasteiger partial charge on any atom is 0.123 e. The highest BCUT2D eigenvalue weighted by molar-refractivity contribution is 5.38. The first-order chi connectivity index (χ1) is 9.78. The SMILES string of the molecule is OCCC#Cc1ccc(OCc2ccc(F)cc2)cc1. The van der Waals surface area contributed by atoms with Gasteiger partial charge in [0.2, 0.25) is 0 Å². The average molecular weight is 270 g/mol. The van der Waals surface area contributed by atoms with Gasteiger partial charge in [-0.2, -0.15) is 0 Å². The molecule has 0 fully saturated rings. The van der Waals surface area contributed by atoms with E-state index < -0.39 is 0 Å². The van der Waals surface area contributed by atoms with Crippen molar-refractivity contribution in [3.8, 4) is 17.6 Å². The van der Waals surface area contributed by atoms with Gasteiger partial charge in [0.25, 0.3) is 0 Å². The Bertz CT molecular complexity index is 592. The van der Waals surface area contributed by atoms with Crippen LogP contribution in [0.25, 0.3) is 0 Å². The molecule has 3 heteroatoms. The molecule has 2 nitrogen and oxygen atoms in total. The van der Waals surface area contributed by atoms with Crippen molar-refractivity contribution in [3.63, 3.8) is 0 Å². The largest absolute Gasteiger partial charge is 0.489 e. The summed E-state index contributed by atoms with van der Waals surface area (Å²) >= 11 is 0. The highest BCUT2D eigenvalue weighted by atomic mass is 19.1. The fourth-order valence-electron chi connectivity index (χ4n) is 1.60. The van der Waals surface area contributed by atoms with Crippen molar-refractivity contribution in [2.75, 3.05) is 6.61 Å². The molecule has 0 spiro atoms. The third-order valence-electron chi connectivity index (χ3n) is 2.64. The highest BCUT2D eigenvalue weighted by Crippen LogP contribution is 2.14. The summed E-state index contributed by atoms with van der Waals surface area (Å²) in [5.74, 6) is 6.29. The van der Waals surface area contributed by atoms with E-state index in [4.69, 9.17) is 9.84 Å². The van der Waals surface area contributed by atoms with Crippen LogP contribution in [0.15, 0.2) is 48.5 Å². The number of benzene rings is 2. The summed E-state index contributed by atoms with van der Waals surface area (Å²) in [6.07, 6.45) is 0.475. The van der Waals surface area contributed by atoms with E-state index in [9.17, 15) is 4.39 Å². The Morgan fingerprint density at radius 2 is 1.70 bits per heavy atom. The van der Waals surface area contributed by atoms with Crippen molar-refractivity contribution in [2.45, 2.75) is 13.0 Å². The Morgan fingerprint density at radius 1 is 1.00 bits per heavy atom. The molecule has 0 heterocycles. The lowest BCUT2D eigenvalue weighted by Gasteiger charge is -2.06. The van der Waals surface area contributed by atoms with Crippen molar-refractivity contribution in [1.82, 2.24) is 0 Å². The molecule has 102 valence electrons. The third kappa shape index (κ3) is 4.42. The van der Waals surface area contributed by atoms with Crippen LogP contribution in [-0.2, 0) is 6.61 Å². The van der Waals surface area contributed by atoms with E-state index in [0.717, 1.165) is 16.9 Å². The summed E-state index contributed by atoms with van der Waals surface area (Å²) in [6.45, 7) is 0.474. The normalized spacial score (nSPS) is 9.70. The summed E-state index contributed by atoms with van der Waals surface area (Å²) < 4.78 is 18.4. The van der Waals surface area contributed by atoms with E-state index in [-0.39, 0.29) is 12.4 Å². The molecule has 0 atom stereocenters.